The first kappa shape index (κ1) is 21.0. The van der Waals surface area contributed by atoms with Crippen LogP contribution in [0.15, 0.2) is 47.0 Å². The van der Waals surface area contributed by atoms with Crippen molar-refractivity contribution < 1.29 is 23.2 Å². The van der Waals surface area contributed by atoms with Crippen LogP contribution in [0.2, 0.25) is 0 Å². The van der Waals surface area contributed by atoms with Gasteiger partial charge in [0.2, 0.25) is 5.82 Å². The molecule has 156 valence electrons. The van der Waals surface area contributed by atoms with Crippen molar-refractivity contribution in [3.8, 4) is 17.1 Å². The topological polar surface area (TPSA) is 106 Å². The molecule has 1 heterocycles. The molecular formula is C21H21FN4O4. The van der Waals surface area contributed by atoms with Gasteiger partial charge < -0.3 is 19.9 Å². The Balaban J connectivity index is 1.40. The van der Waals surface area contributed by atoms with Crippen LogP contribution < -0.4 is 15.4 Å². The third-order valence-corrected chi connectivity index (χ3v) is 4.16. The van der Waals surface area contributed by atoms with Crippen LogP contribution in [0.5, 0.6) is 5.75 Å². The zero-order chi connectivity index (χ0) is 21.5. The summed E-state index contributed by atoms with van der Waals surface area (Å²) in [6.07, 6.45) is 0. The number of hydrogen-bond acceptors (Lipinski definition) is 6. The van der Waals surface area contributed by atoms with E-state index in [0.717, 1.165) is 11.1 Å². The second kappa shape index (κ2) is 9.64. The Bertz CT molecular complexity index is 1050. The van der Waals surface area contributed by atoms with E-state index in [1.807, 2.05) is 32.0 Å². The average molecular weight is 412 g/mol. The fourth-order valence-electron chi connectivity index (χ4n) is 2.68. The summed E-state index contributed by atoms with van der Waals surface area (Å²) in [4.78, 5) is 27.8. The number of amides is 2. The fourth-order valence-corrected chi connectivity index (χ4v) is 2.68. The van der Waals surface area contributed by atoms with Crippen molar-refractivity contribution in [2.45, 2.75) is 13.8 Å². The summed E-state index contributed by atoms with van der Waals surface area (Å²) in [6, 6.07) is 11.6. The van der Waals surface area contributed by atoms with Crippen molar-refractivity contribution in [1.29, 1.82) is 0 Å². The number of rotatable bonds is 8. The molecule has 0 radical (unpaired) electrons. The number of carbonyl (C=O) groups excluding carboxylic acids is 2. The second-order valence-electron chi connectivity index (χ2n) is 6.57. The number of benzene rings is 2. The quantitative estimate of drug-likeness (QED) is 0.551. The van der Waals surface area contributed by atoms with Crippen molar-refractivity contribution in [2.75, 3.05) is 19.7 Å². The van der Waals surface area contributed by atoms with Gasteiger partial charge in [0, 0.05) is 13.1 Å². The molecule has 3 aromatic rings. The monoisotopic (exact) mass is 412 g/mol. The van der Waals surface area contributed by atoms with Gasteiger partial charge in [-0.2, -0.15) is 4.98 Å². The van der Waals surface area contributed by atoms with E-state index in [-0.39, 0.29) is 42.9 Å². The second-order valence-corrected chi connectivity index (χ2v) is 6.57. The lowest BCUT2D eigenvalue weighted by molar-refractivity contribution is -0.123. The van der Waals surface area contributed by atoms with Gasteiger partial charge in [-0.25, -0.2) is 4.39 Å². The van der Waals surface area contributed by atoms with Gasteiger partial charge in [-0.3, -0.25) is 9.59 Å². The van der Waals surface area contributed by atoms with Gasteiger partial charge in [0.05, 0.1) is 5.56 Å². The number of carbonyl (C=O) groups is 2. The van der Waals surface area contributed by atoms with E-state index in [0.29, 0.717) is 5.75 Å². The Labute approximate surface area is 172 Å². The number of ether oxygens (including phenoxy) is 1. The van der Waals surface area contributed by atoms with Crippen molar-refractivity contribution in [2.24, 2.45) is 0 Å². The SMILES string of the molecule is Cc1ccc(OCC(=O)NCCNC(=O)c2nc(-c3ccccc3F)no2)c(C)c1. The third-order valence-electron chi connectivity index (χ3n) is 4.16. The number of hydrogen-bond donors (Lipinski definition) is 2. The van der Waals surface area contributed by atoms with Crippen LogP contribution in [0, 0.1) is 19.7 Å². The Kier molecular flexibility index (Phi) is 6.74. The predicted molar refractivity (Wildman–Crippen MR) is 106 cm³/mol. The summed E-state index contributed by atoms with van der Waals surface area (Å²) in [7, 11) is 0. The van der Waals surface area contributed by atoms with Crippen molar-refractivity contribution in [3.05, 3.63) is 65.3 Å². The number of nitrogens with zero attached hydrogens (tertiary/aromatic N) is 2. The summed E-state index contributed by atoms with van der Waals surface area (Å²) in [5.74, 6) is -1.12. The molecule has 0 aliphatic heterocycles. The first-order valence-electron chi connectivity index (χ1n) is 9.27. The van der Waals surface area contributed by atoms with Crippen LogP contribution in [0.4, 0.5) is 4.39 Å². The van der Waals surface area contributed by atoms with Crippen molar-refractivity contribution in [1.82, 2.24) is 20.8 Å². The Morgan fingerprint density at radius 3 is 2.63 bits per heavy atom. The Morgan fingerprint density at radius 2 is 1.87 bits per heavy atom. The molecule has 2 amide bonds. The third kappa shape index (κ3) is 5.40. The lowest BCUT2D eigenvalue weighted by Gasteiger charge is -2.10. The van der Waals surface area contributed by atoms with Gasteiger partial charge in [0.25, 0.3) is 5.91 Å². The molecule has 30 heavy (non-hydrogen) atoms. The molecule has 0 aliphatic carbocycles. The molecule has 2 N–H and O–H groups in total. The Morgan fingerprint density at radius 1 is 1.10 bits per heavy atom. The molecule has 3 rings (SSSR count). The molecule has 2 aromatic carbocycles. The van der Waals surface area contributed by atoms with Crippen LogP contribution >= 0.6 is 0 Å². The molecule has 0 saturated heterocycles. The smallest absolute Gasteiger partial charge is 0.316 e. The van der Waals surface area contributed by atoms with E-state index < -0.39 is 11.7 Å². The van der Waals surface area contributed by atoms with Gasteiger partial charge in [-0.1, -0.05) is 35.0 Å². The highest BCUT2D eigenvalue weighted by Gasteiger charge is 2.17. The molecular weight excluding hydrogens is 391 g/mol. The number of nitrogens with one attached hydrogen (secondary N) is 2. The first-order valence-corrected chi connectivity index (χ1v) is 9.27. The average Bonchev–Trinajstić information content (AvgIpc) is 3.21. The summed E-state index contributed by atoms with van der Waals surface area (Å²) in [5, 5.41) is 8.79. The minimum atomic E-state index is -0.620. The van der Waals surface area contributed by atoms with Gasteiger partial charge in [-0.15, -0.1) is 0 Å². The van der Waals surface area contributed by atoms with E-state index in [1.165, 1.54) is 18.2 Å². The van der Waals surface area contributed by atoms with Crippen LogP contribution in [-0.4, -0.2) is 41.7 Å². The predicted octanol–water partition coefficient (Wildman–Crippen LogP) is 2.42. The van der Waals surface area contributed by atoms with Gasteiger partial charge in [-0.05, 0) is 37.6 Å². The molecule has 0 unspecified atom stereocenters. The standard InChI is InChI=1S/C21H21FN4O4/c1-13-7-8-17(14(2)11-13)29-12-18(27)23-9-10-24-20(28)21-25-19(26-30-21)15-5-3-4-6-16(15)22/h3-8,11H,9-10,12H2,1-2H3,(H,23,27)(H,24,28). The zero-order valence-electron chi connectivity index (χ0n) is 16.6. The van der Waals surface area contributed by atoms with E-state index >= 15 is 0 Å². The number of halogens is 1. The summed E-state index contributed by atoms with van der Waals surface area (Å²) in [5.41, 5.74) is 2.20. The molecule has 8 nitrogen and oxygen atoms in total. The van der Waals surface area contributed by atoms with Crippen LogP contribution in [0.3, 0.4) is 0 Å². The Hall–Kier alpha value is -3.75. The molecule has 0 saturated carbocycles. The first-order chi connectivity index (χ1) is 14.4. The lowest BCUT2D eigenvalue weighted by atomic mass is 10.1. The van der Waals surface area contributed by atoms with Crippen LogP contribution in [0.25, 0.3) is 11.4 Å². The summed E-state index contributed by atoms with van der Waals surface area (Å²) < 4.78 is 24.1. The van der Waals surface area contributed by atoms with Crippen LogP contribution in [-0.2, 0) is 4.79 Å². The maximum absolute atomic E-state index is 13.7. The van der Waals surface area contributed by atoms with Gasteiger partial charge in [0.1, 0.15) is 11.6 Å². The molecule has 0 fully saturated rings. The van der Waals surface area contributed by atoms with Gasteiger partial charge in [0.15, 0.2) is 6.61 Å². The molecule has 0 atom stereocenters. The van der Waals surface area contributed by atoms with E-state index in [1.54, 1.807) is 6.07 Å². The number of aryl methyl sites for hydroxylation is 2. The normalized spacial score (nSPS) is 10.5. The van der Waals surface area contributed by atoms with Crippen molar-refractivity contribution in [3.63, 3.8) is 0 Å². The summed E-state index contributed by atoms with van der Waals surface area (Å²) >= 11 is 0. The molecule has 9 heteroatoms. The maximum atomic E-state index is 13.7. The lowest BCUT2D eigenvalue weighted by Crippen LogP contribution is -2.36. The molecule has 0 aliphatic rings. The van der Waals surface area contributed by atoms with E-state index in [4.69, 9.17) is 9.26 Å². The minimum Gasteiger partial charge on any atom is -0.484 e. The fraction of sp³-hybridized carbons (Fsp3) is 0.238. The highest BCUT2D eigenvalue weighted by atomic mass is 19.1. The minimum absolute atomic E-state index is 0.0184. The van der Waals surface area contributed by atoms with Crippen molar-refractivity contribution >= 4 is 11.8 Å². The summed E-state index contributed by atoms with van der Waals surface area (Å²) in [6.45, 7) is 4.09. The van der Waals surface area contributed by atoms with E-state index in [9.17, 15) is 14.0 Å². The largest absolute Gasteiger partial charge is 0.484 e. The van der Waals surface area contributed by atoms with Crippen LogP contribution in [0.1, 0.15) is 21.8 Å². The maximum Gasteiger partial charge on any atom is 0.316 e. The van der Waals surface area contributed by atoms with E-state index in [2.05, 4.69) is 20.8 Å². The zero-order valence-corrected chi connectivity index (χ0v) is 16.6. The van der Waals surface area contributed by atoms with Gasteiger partial charge >= 0.3 is 11.8 Å². The molecule has 1 aromatic heterocycles. The number of aromatic nitrogens is 2. The highest BCUT2D eigenvalue weighted by molar-refractivity contribution is 5.89. The highest BCUT2D eigenvalue weighted by Crippen LogP contribution is 2.19. The molecule has 0 bridgehead atoms. The molecule has 0 spiro atoms.